The number of amides is 1. The van der Waals surface area contributed by atoms with Gasteiger partial charge in [-0.2, -0.15) is 0 Å². The summed E-state index contributed by atoms with van der Waals surface area (Å²) in [6, 6.07) is 6.94. The fraction of sp³-hybridized carbons (Fsp3) is 0.500. The third-order valence-corrected chi connectivity index (χ3v) is 6.64. The van der Waals surface area contributed by atoms with Gasteiger partial charge in [0.25, 0.3) is 0 Å². The van der Waals surface area contributed by atoms with Gasteiger partial charge in [-0.05, 0) is 36.0 Å². The monoisotopic (exact) mass is 408 g/mol. The van der Waals surface area contributed by atoms with Gasteiger partial charge >= 0.3 is 0 Å². The van der Waals surface area contributed by atoms with Gasteiger partial charge in [0.2, 0.25) is 5.91 Å². The van der Waals surface area contributed by atoms with Crippen molar-refractivity contribution in [3.63, 3.8) is 0 Å². The molecule has 1 aromatic carbocycles. The average molecular weight is 408 g/mol. The van der Waals surface area contributed by atoms with E-state index in [-0.39, 0.29) is 0 Å². The molecule has 0 saturated carbocycles. The Bertz CT molecular complexity index is 723. The number of nitrogens with zero attached hydrogens (tertiary/aromatic N) is 1. The van der Waals surface area contributed by atoms with E-state index in [1.165, 1.54) is 28.5 Å². The molecule has 1 aromatic heterocycles. The van der Waals surface area contributed by atoms with Crippen LogP contribution in [0, 0.1) is 5.92 Å². The molecule has 0 radical (unpaired) electrons. The van der Waals surface area contributed by atoms with Crippen LogP contribution < -0.4 is 0 Å². The summed E-state index contributed by atoms with van der Waals surface area (Å²) in [6.07, 6.45) is 4.97. The number of alkyl halides is 1. The van der Waals surface area contributed by atoms with Crippen LogP contribution in [0.15, 0.2) is 24.4 Å². The van der Waals surface area contributed by atoms with E-state index >= 15 is 0 Å². The quantitative estimate of drug-likeness (QED) is 0.595. The van der Waals surface area contributed by atoms with Crippen molar-refractivity contribution >= 4 is 39.4 Å². The van der Waals surface area contributed by atoms with Crippen molar-refractivity contribution < 1.29 is 4.79 Å². The third kappa shape index (κ3) is 2.10. The maximum Gasteiger partial charge on any atom is 0.222 e. The summed E-state index contributed by atoms with van der Waals surface area (Å²) < 4.78 is 1.13. The Morgan fingerprint density at radius 3 is 3.09 bits per heavy atom. The van der Waals surface area contributed by atoms with Crippen molar-refractivity contribution in [2.75, 3.05) is 11.0 Å². The smallest absolute Gasteiger partial charge is 0.222 e. The zero-order valence-electron chi connectivity index (χ0n) is 12.8. The van der Waals surface area contributed by atoms with Crippen LogP contribution in [0.4, 0.5) is 0 Å². The number of likely N-dealkylation sites (tertiary alicyclic amines) is 1. The van der Waals surface area contributed by atoms with Crippen LogP contribution in [-0.2, 0) is 11.2 Å². The van der Waals surface area contributed by atoms with Crippen LogP contribution in [-0.4, -0.2) is 32.8 Å². The molecule has 1 amide bonds. The Hall–Kier alpha value is -1.04. The normalized spacial score (nSPS) is 27.0. The van der Waals surface area contributed by atoms with Gasteiger partial charge in [0, 0.05) is 46.5 Å². The van der Waals surface area contributed by atoms with Crippen LogP contribution in [0.3, 0.4) is 0 Å². The highest BCUT2D eigenvalue weighted by Gasteiger charge is 2.41. The third-order valence-electron chi connectivity index (χ3n) is 5.40. The van der Waals surface area contributed by atoms with Gasteiger partial charge in [-0.25, -0.2) is 0 Å². The summed E-state index contributed by atoms with van der Waals surface area (Å²) in [5.41, 5.74) is 4.08. The van der Waals surface area contributed by atoms with E-state index in [9.17, 15) is 4.79 Å². The number of carbonyl (C=O) groups is 1. The highest BCUT2D eigenvalue weighted by Crippen LogP contribution is 2.45. The number of fused-ring (bicyclic) bond motifs is 2. The summed E-state index contributed by atoms with van der Waals surface area (Å²) >= 11 is 2.48. The Kier molecular flexibility index (Phi) is 3.67. The number of halogens is 1. The number of benzene rings is 1. The van der Waals surface area contributed by atoms with Gasteiger partial charge in [-0.15, -0.1) is 0 Å². The lowest BCUT2D eigenvalue weighted by molar-refractivity contribution is -0.136. The number of hydrogen-bond acceptors (Lipinski definition) is 1. The maximum absolute atomic E-state index is 12.5. The standard InChI is InChI=1S/C18H21IN2O/c1-2-17(22)21-10-11(8-19)6-14-13-4-3-5-15-18(13)12(9-20-15)7-16(14)21/h3-5,9,11,14,16,20H,2,6-8,10H2,1H3/t11?,14-,16-/m1/s1. The molecule has 1 unspecified atom stereocenters. The summed E-state index contributed by atoms with van der Waals surface area (Å²) in [7, 11) is 0. The number of aromatic amines is 1. The van der Waals surface area contributed by atoms with Crippen LogP contribution in [0.25, 0.3) is 10.9 Å². The van der Waals surface area contributed by atoms with E-state index in [0.717, 1.165) is 17.4 Å². The molecule has 1 saturated heterocycles. The number of carbonyl (C=O) groups excluding carboxylic acids is 1. The van der Waals surface area contributed by atoms with E-state index in [0.29, 0.717) is 30.2 Å². The summed E-state index contributed by atoms with van der Waals surface area (Å²) in [5.74, 6) is 1.43. The number of nitrogens with one attached hydrogen (secondary N) is 1. The Morgan fingerprint density at radius 2 is 2.32 bits per heavy atom. The second kappa shape index (κ2) is 5.55. The lowest BCUT2D eigenvalue weighted by Gasteiger charge is -2.47. The second-order valence-electron chi connectivity index (χ2n) is 6.62. The number of H-pyrrole nitrogens is 1. The molecule has 3 nitrogen and oxygen atoms in total. The van der Waals surface area contributed by atoms with Gasteiger partial charge in [0.1, 0.15) is 0 Å². The molecule has 22 heavy (non-hydrogen) atoms. The molecule has 3 atom stereocenters. The van der Waals surface area contributed by atoms with E-state index in [4.69, 9.17) is 0 Å². The Morgan fingerprint density at radius 1 is 1.45 bits per heavy atom. The van der Waals surface area contributed by atoms with Gasteiger partial charge in [-0.1, -0.05) is 41.6 Å². The first-order valence-corrected chi connectivity index (χ1v) is 9.69. The molecule has 4 rings (SSSR count). The predicted octanol–water partition coefficient (Wildman–Crippen LogP) is 3.87. The topological polar surface area (TPSA) is 36.1 Å². The predicted molar refractivity (Wildman–Crippen MR) is 97.5 cm³/mol. The molecule has 4 heteroatoms. The Labute approximate surface area is 144 Å². The van der Waals surface area contributed by atoms with Crippen LogP contribution in [0.2, 0.25) is 0 Å². The van der Waals surface area contributed by atoms with E-state index in [1.54, 1.807) is 0 Å². The number of aromatic nitrogens is 1. The van der Waals surface area contributed by atoms with Crippen molar-refractivity contribution in [3.05, 3.63) is 35.5 Å². The minimum atomic E-state index is 0.315. The van der Waals surface area contributed by atoms with Gasteiger partial charge in [0.05, 0.1) is 0 Å². The molecule has 2 aliphatic rings. The molecule has 2 aromatic rings. The van der Waals surface area contributed by atoms with Crippen molar-refractivity contribution in [2.24, 2.45) is 5.92 Å². The van der Waals surface area contributed by atoms with E-state index in [1.807, 2.05) is 6.92 Å². The SMILES string of the molecule is CCC(=O)N1CC(CI)C[C@@H]2c3cccc4[nH]cc(c34)C[C@H]21. The largest absolute Gasteiger partial charge is 0.361 e. The molecule has 1 aliphatic heterocycles. The highest BCUT2D eigenvalue weighted by atomic mass is 127. The molecule has 0 bridgehead atoms. The first-order valence-electron chi connectivity index (χ1n) is 8.17. The number of piperidine rings is 1. The molecule has 0 spiro atoms. The molecule has 2 heterocycles. The van der Waals surface area contributed by atoms with Crippen molar-refractivity contribution in [2.45, 2.75) is 38.1 Å². The summed E-state index contributed by atoms with van der Waals surface area (Å²) in [6.45, 7) is 2.92. The number of rotatable bonds is 2. The lowest BCUT2D eigenvalue weighted by Crippen LogP contribution is -2.52. The average Bonchev–Trinajstić information content (AvgIpc) is 2.98. The molecule has 1 fully saturated rings. The second-order valence-corrected chi connectivity index (χ2v) is 7.50. The van der Waals surface area contributed by atoms with Crippen molar-refractivity contribution in [3.8, 4) is 0 Å². The highest BCUT2D eigenvalue weighted by molar-refractivity contribution is 14.1. The van der Waals surface area contributed by atoms with Gasteiger partial charge in [0.15, 0.2) is 0 Å². The minimum Gasteiger partial charge on any atom is -0.361 e. The minimum absolute atomic E-state index is 0.315. The Balaban J connectivity index is 1.82. The zero-order chi connectivity index (χ0) is 15.3. The van der Waals surface area contributed by atoms with Crippen LogP contribution in [0.5, 0.6) is 0 Å². The first-order chi connectivity index (χ1) is 10.7. The molecule has 116 valence electrons. The molecule has 1 aliphatic carbocycles. The van der Waals surface area contributed by atoms with E-state index < -0.39 is 0 Å². The lowest BCUT2D eigenvalue weighted by atomic mass is 9.72. The maximum atomic E-state index is 12.5. The van der Waals surface area contributed by atoms with Gasteiger partial charge in [-0.3, -0.25) is 4.79 Å². The fourth-order valence-corrected chi connectivity index (χ4v) is 5.03. The fourth-order valence-electron chi connectivity index (χ4n) is 4.39. The molecular weight excluding hydrogens is 387 g/mol. The van der Waals surface area contributed by atoms with Crippen molar-refractivity contribution in [1.82, 2.24) is 9.88 Å². The van der Waals surface area contributed by atoms with Crippen LogP contribution >= 0.6 is 22.6 Å². The van der Waals surface area contributed by atoms with Crippen LogP contribution in [0.1, 0.15) is 36.8 Å². The molecule has 1 N–H and O–H groups in total. The molecular formula is C18H21IN2O. The van der Waals surface area contributed by atoms with Crippen molar-refractivity contribution in [1.29, 1.82) is 0 Å². The zero-order valence-corrected chi connectivity index (χ0v) is 15.0. The van der Waals surface area contributed by atoms with E-state index in [2.05, 4.69) is 56.9 Å². The van der Waals surface area contributed by atoms with Gasteiger partial charge < -0.3 is 9.88 Å². The first kappa shape index (κ1) is 14.5. The number of hydrogen-bond donors (Lipinski definition) is 1. The summed E-state index contributed by atoms with van der Waals surface area (Å²) in [4.78, 5) is 18.1. The summed E-state index contributed by atoms with van der Waals surface area (Å²) in [5, 5.41) is 1.42.